The smallest absolute Gasteiger partial charge is 0.338 e. The molecule has 1 aliphatic heterocycles. The van der Waals surface area contributed by atoms with Crippen LogP contribution in [0.3, 0.4) is 0 Å². The lowest BCUT2D eigenvalue weighted by molar-refractivity contribution is -0.139. The first-order chi connectivity index (χ1) is 13.5. The highest BCUT2D eigenvalue weighted by Crippen LogP contribution is 2.40. The standard InChI is InChI=1S/C22H20N2O4/c1-3-27-22(26)19-13(2)28-21(24)18(12-23)20(19)15-9-7-14(8-10-15)16-5-4-6-17(25)11-16/h4-11,20,25H,3,24H2,1-2H3. The summed E-state index contributed by atoms with van der Waals surface area (Å²) < 4.78 is 10.6. The average Bonchev–Trinajstić information content (AvgIpc) is 2.67. The van der Waals surface area contributed by atoms with E-state index in [9.17, 15) is 15.2 Å². The number of nitrogens with zero attached hydrogens (tertiary/aromatic N) is 1. The van der Waals surface area contributed by atoms with E-state index in [0.717, 1.165) is 11.1 Å². The summed E-state index contributed by atoms with van der Waals surface area (Å²) in [6.07, 6.45) is 0. The summed E-state index contributed by atoms with van der Waals surface area (Å²) in [5.74, 6) is -0.734. The van der Waals surface area contributed by atoms with Crippen molar-refractivity contribution in [1.82, 2.24) is 0 Å². The lowest BCUT2D eigenvalue weighted by atomic mass is 9.82. The number of esters is 1. The molecule has 0 bridgehead atoms. The number of benzene rings is 2. The minimum Gasteiger partial charge on any atom is -0.508 e. The van der Waals surface area contributed by atoms with Gasteiger partial charge >= 0.3 is 5.97 Å². The monoisotopic (exact) mass is 376 g/mol. The molecule has 0 spiro atoms. The van der Waals surface area contributed by atoms with E-state index >= 15 is 0 Å². The lowest BCUT2D eigenvalue weighted by Crippen LogP contribution is -2.25. The topological polar surface area (TPSA) is 106 Å². The van der Waals surface area contributed by atoms with Crippen molar-refractivity contribution in [3.05, 3.63) is 76.9 Å². The van der Waals surface area contributed by atoms with Crippen molar-refractivity contribution in [2.75, 3.05) is 6.61 Å². The van der Waals surface area contributed by atoms with E-state index in [1.54, 1.807) is 32.0 Å². The summed E-state index contributed by atoms with van der Waals surface area (Å²) in [7, 11) is 0. The van der Waals surface area contributed by atoms with E-state index in [0.29, 0.717) is 11.3 Å². The zero-order chi connectivity index (χ0) is 20.3. The summed E-state index contributed by atoms with van der Waals surface area (Å²) in [6.45, 7) is 3.55. The Bertz CT molecular complexity index is 1010. The first-order valence-corrected chi connectivity index (χ1v) is 8.81. The van der Waals surface area contributed by atoms with E-state index in [-0.39, 0.29) is 29.4 Å². The van der Waals surface area contributed by atoms with E-state index in [1.165, 1.54) is 0 Å². The van der Waals surface area contributed by atoms with Crippen molar-refractivity contribution in [1.29, 1.82) is 5.26 Å². The van der Waals surface area contributed by atoms with Gasteiger partial charge in [-0.3, -0.25) is 0 Å². The Balaban J connectivity index is 2.06. The molecule has 2 aromatic rings. The van der Waals surface area contributed by atoms with Crippen LogP contribution in [0, 0.1) is 11.3 Å². The molecule has 6 nitrogen and oxygen atoms in total. The Morgan fingerprint density at radius 3 is 2.57 bits per heavy atom. The number of carbonyl (C=O) groups is 1. The van der Waals surface area contributed by atoms with Gasteiger partial charge in [-0.2, -0.15) is 5.26 Å². The number of rotatable bonds is 4. The normalized spacial score (nSPS) is 16.4. The van der Waals surface area contributed by atoms with Crippen LogP contribution in [0.25, 0.3) is 11.1 Å². The van der Waals surface area contributed by atoms with E-state index in [2.05, 4.69) is 6.07 Å². The fraction of sp³-hybridized carbons (Fsp3) is 0.182. The predicted octanol–water partition coefficient (Wildman–Crippen LogP) is 3.70. The van der Waals surface area contributed by atoms with Gasteiger partial charge in [0.05, 0.1) is 18.1 Å². The van der Waals surface area contributed by atoms with Crippen LogP contribution < -0.4 is 5.73 Å². The summed E-state index contributed by atoms with van der Waals surface area (Å²) >= 11 is 0. The Morgan fingerprint density at radius 2 is 1.96 bits per heavy atom. The molecule has 1 atom stereocenters. The second-order valence-corrected chi connectivity index (χ2v) is 6.29. The van der Waals surface area contributed by atoms with Gasteiger partial charge in [-0.05, 0) is 42.7 Å². The highest BCUT2D eigenvalue weighted by molar-refractivity contribution is 5.92. The molecule has 28 heavy (non-hydrogen) atoms. The molecule has 0 amide bonds. The zero-order valence-corrected chi connectivity index (χ0v) is 15.6. The number of phenols is 1. The molecule has 2 aromatic carbocycles. The average molecular weight is 376 g/mol. The van der Waals surface area contributed by atoms with Crippen molar-refractivity contribution in [3.8, 4) is 22.9 Å². The number of nitriles is 1. The van der Waals surface area contributed by atoms with Crippen LogP contribution in [-0.2, 0) is 14.3 Å². The van der Waals surface area contributed by atoms with Crippen molar-refractivity contribution in [3.63, 3.8) is 0 Å². The third-order valence-corrected chi connectivity index (χ3v) is 4.52. The highest BCUT2D eigenvalue weighted by atomic mass is 16.5. The molecule has 0 radical (unpaired) electrons. The molecule has 1 aliphatic rings. The molecule has 142 valence electrons. The third-order valence-electron chi connectivity index (χ3n) is 4.52. The quantitative estimate of drug-likeness (QED) is 0.788. The van der Waals surface area contributed by atoms with Gasteiger partial charge in [0.1, 0.15) is 23.2 Å². The molecule has 3 N–H and O–H groups in total. The molecule has 0 saturated carbocycles. The number of aromatic hydroxyl groups is 1. The molecule has 6 heteroatoms. The number of carbonyl (C=O) groups excluding carboxylic acids is 1. The first kappa shape index (κ1) is 19.1. The number of nitrogens with two attached hydrogens (primary N) is 1. The second-order valence-electron chi connectivity index (χ2n) is 6.29. The van der Waals surface area contributed by atoms with Crippen LogP contribution in [0.4, 0.5) is 0 Å². The van der Waals surface area contributed by atoms with Gasteiger partial charge in [0.25, 0.3) is 0 Å². The van der Waals surface area contributed by atoms with Crippen LogP contribution in [-0.4, -0.2) is 17.7 Å². The zero-order valence-electron chi connectivity index (χ0n) is 15.6. The lowest BCUT2D eigenvalue weighted by Gasteiger charge is -2.27. The summed E-state index contributed by atoms with van der Waals surface area (Å²) in [5.41, 5.74) is 8.79. The van der Waals surface area contributed by atoms with Gasteiger partial charge in [0.2, 0.25) is 5.88 Å². The number of hydrogen-bond donors (Lipinski definition) is 2. The summed E-state index contributed by atoms with van der Waals surface area (Å²) in [5, 5.41) is 19.3. The molecule has 3 rings (SSSR count). The van der Waals surface area contributed by atoms with Crippen LogP contribution in [0.5, 0.6) is 5.75 Å². The van der Waals surface area contributed by atoms with Gasteiger partial charge in [-0.1, -0.05) is 36.4 Å². The number of ether oxygens (including phenoxy) is 2. The molecule has 1 unspecified atom stereocenters. The Kier molecular flexibility index (Phi) is 5.37. The molecule has 0 saturated heterocycles. The van der Waals surface area contributed by atoms with Gasteiger partial charge < -0.3 is 20.3 Å². The van der Waals surface area contributed by atoms with Gasteiger partial charge in [0.15, 0.2) is 0 Å². The minimum atomic E-state index is -0.670. The Morgan fingerprint density at radius 1 is 1.25 bits per heavy atom. The van der Waals surface area contributed by atoms with Crippen LogP contribution in [0.1, 0.15) is 25.3 Å². The van der Waals surface area contributed by atoms with Crippen molar-refractivity contribution < 1.29 is 19.4 Å². The van der Waals surface area contributed by atoms with Gasteiger partial charge in [-0.15, -0.1) is 0 Å². The summed E-state index contributed by atoms with van der Waals surface area (Å²) in [4.78, 5) is 12.5. The van der Waals surface area contributed by atoms with Gasteiger partial charge in [-0.25, -0.2) is 4.79 Å². The fourth-order valence-corrected chi connectivity index (χ4v) is 3.24. The molecular formula is C22H20N2O4. The summed E-state index contributed by atoms with van der Waals surface area (Å²) in [6, 6.07) is 16.4. The number of hydrogen-bond acceptors (Lipinski definition) is 6. The maximum Gasteiger partial charge on any atom is 0.338 e. The number of allylic oxidation sites excluding steroid dienone is 2. The molecular weight excluding hydrogens is 356 g/mol. The Labute approximate surface area is 163 Å². The van der Waals surface area contributed by atoms with E-state index in [1.807, 2.05) is 30.3 Å². The number of phenolic OH excluding ortho intramolecular Hbond substituents is 1. The fourth-order valence-electron chi connectivity index (χ4n) is 3.24. The Hall–Kier alpha value is -3.72. The molecule has 0 aliphatic carbocycles. The van der Waals surface area contributed by atoms with Crippen LogP contribution in [0.15, 0.2) is 71.3 Å². The molecule has 0 aromatic heterocycles. The predicted molar refractivity (Wildman–Crippen MR) is 104 cm³/mol. The van der Waals surface area contributed by atoms with Crippen molar-refractivity contribution in [2.45, 2.75) is 19.8 Å². The van der Waals surface area contributed by atoms with Crippen molar-refractivity contribution >= 4 is 5.97 Å². The molecule has 0 fully saturated rings. The maximum absolute atomic E-state index is 12.5. The van der Waals surface area contributed by atoms with E-state index in [4.69, 9.17) is 15.2 Å². The minimum absolute atomic E-state index is 0.0184. The highest BCUT2D eigenvalue weighted by Gasteiger charge is 2.36. The maximum atomic E-state index is 12.5. The van der Waals surface area contributed by atoms with Gasteiger partial charge in [0, 0.05) is 0 Å². The second kappa shape index (κ2) is 7.89. The van der Waals surface area contributed by atoms with E-state index < -0.39 is 11.9 Å². The largest absolute Gasteiger partial charge is 0.508 e. The van der Waals surface area contributed by atoms with Crippen LogP contribution in [0.2, 0.25) is 0 Å². The van der Waals surface area contributed by atoms with Crippen molar-refractivity contribution in [2.24, 2.45) is 5.73 Å². The first-order valence-electron chi connectivity index (χ1n) is 8.81. The SMILES string of the molecule is CCOC(=O)C1=C(C)OC(N)=C(C#N)C1c1ccc(-c2cccc(O)c2)cc1. The molecule has 1 heterocycles. The van der Waals surface area contributed by atoms with Crippen LogP contribution >= 0.6 is 0 Å². The third kappa shape index (κ3) is 3.55.